The molecule has 0 aromatic carbocycles. The number of aliphatic imine (C=N–C) groups is 2. The number of β-amino-alcohol motifs (C(OH)–C–C–N with tert-alkyl or cyclic N) is 1. The Morgan fingerprint density at radius 1 is 1.47 bits per heavy atom. The molecular weight excluding hydrogens is 240 g/mol. The van der Waals surface area contributed by atoms with Crippen molar-refractivity contribution in [1.29, 1.82) is 0 Å². The second-order valence-electron chi connectivity index (χ2n) is 5.74. The van der Waals surface area contributed by atoms with Crippen LogP contribution in [0.4, 0.5) is 0 Å². The average molecular weight is 258 g/mol. The van der Waals surface area contributed by atoms with E-state index in [1.165, 1.54) is 0 Å². The van der Waals surface area contributed by atoms with Crippen molar-refractivity contribution in [3.8, 4) is 0 Å². The fraction of sp³-hybridized carbons (Fsp3) is 0.429. The molecule has 0 saturated heterocycles. The minimum absolute atomic E-state index is 0.504. The summed E-state index contributed by atoms with van der Waals surface area (Å²) in [5, 5.41) is 10.1. The Kier molecular flexibility index (Phi) is 2.52. The van der Waals surface area contributed by atoms with E-state index in [1.807, 2.05) is 18.2 Å². The SMILES string of the molecule is CC(C)(O)CN1CN=C2C(N)=CC=C3N=CC=CC321. The molecule has 5 heteroatoms. The van der Waals surface area contributed by atoms with E-state index in [1.54, 1.807) is 20.1 Å². The summed E-state index contributed by atoms with van der Waals surface area (Å²) in [6.45, 7) is 4.61. The molecule has 0 aromatic heterocycles. The van der Waals surface area contributed by atoms with Gasteiger partial charge in [-0.25, -0.2) is 0 Å². The van der Waals surface area contributed by atoms with Crippen molar-refractivity contribution < 1.29 is 5.11 Å². The monoisotopic (exact) mass is 258 g/mol. The van der Waals surface area contributed by atoms with Gasteiger partial charge in [-0.2, -0.15) is 0 Å². The zero-order valence-electron chi connectivity index (χ0n) is 11.2. The van der Waals surface area contributed by atoms with Crippen molar-refractivity contribution in [2.45, 2.75) is 25.0 Å². The predicted molar refractivity (Wildman–Crippen MR) is 76.0 cm³/mol. The average Bonchev–Trinajstić information content (AvgIpc) is 2.67. The first kappa shape index (κ1) is 12.3. The molecule has 2 heterocycles. The molecule has 2 aliphatic heterocycles. The molecule has 3 N–H and O–H groups in total. The van der Waals surface area contributed by atoms with Gasteiger partial charge in [0.15, 0.2) is 0 Å². The smallest absolute Gasteiger partial charge is 0.128 e. The summed E-state index contributed by atoms with van der Waals surface area (Å²) >= 11 is 0. The molecule has 1 aliphatic carbocycles. The first-order valence-electron chi connectivity index (χ1n) is 6.36. The minimum atomic E-state index is -0.796. The zero-order chi connectivity index (χ0) is 13.7. The third-order valence-corrected chi connectivity index (χ3v) is 3.56. The number of hydrogen-bond acceptors (Lipinski definition) is 5. The van der Waals surface area contributed by atoms with Gasteiger partial charge in [0.25, 0.3) is 0 Å². The number of rotatable bonds is 2. The molecule has 0 bridgehead atoms. The van der Waals surface area contributed by atoms with Gasteiger partial charge < -0.3 is 10.8 Å². The van der Waals surface area contributed by atoms with Crippen molar-refractivity contribution in [2.75, 3.05) is 13.2 Å². The van der Waals surface area contributed by atoms with E-state index in [4.69, 9.17) is 5.73 Å². The second kappa shape index (κ2) is 3.88. The van der Waals surface area contributed by atoms with Crippen LogP contribution in [0.5, 0.6) is 0 Å². The maximum atomic E-state index is 10.1. The van der Waals surface area contributed by atoms with Crippen LogP contribution in [0, 0.1) is 0 Å². The van der Waals surface area contributed by atoms with Crippen LogP contribution in [-0.4, -0.2) is 46.3 Å². The van der Waals surface area contributed by atoms with E-state index in [9.17, 15) is 5.11 Å². The Balaban J connectivity index is 2.07. The fourth-order valence-corrected chi connectivity index (χ4v) is 2.87. The number of nitrogens with zero attached hydrogens (tertiary/aromatic N) is 3. The van der Waals surface area contributed by atoms with Crippen LogP contribution in [0.25, 0.3) is 0 Å². The summed E-state index contributed by atoms with van der Waals surface area (Å²) in [5.41, 5.74) is 7.17. The molecule has 0 aromatic rings. The molecule has 3 aliphatic rings. The van der Waals surface area contributed by atoms with E-state index in [2.05, 4.69) is 21.0 Å². The molecule has 1 spiro atoms. The number of dihydropyridines is 1. The molecule has 0 amide bonds. The zero-order valence-corrected chi connectivity index (χ0v) is 11.2. The van der Waals surface area contributed by atoms with Gasteiger partial charge in [-0.15, -0.1) is 0 Å². The molecule has 0 saturated carbocycles. The first-order chi connectivity index (χ1) is 8.93. The van der Waals surface area contributed by atoms with Crippen LogP contribution in [0.1, 0.15) is 13.8 Å². The van der Waals surface area contributed by atoms with Crippen molar-refractivity contribution in [3.63, 3.8) is 0 Å². The summed E-state index contributed by atoms with van der Waals surface area (Å²) in [4.78, 5) is 11.1. The Labute approximate surface area is 112 Å². The summed E-state index contributed by atoms with van der Waals surface area (Å²) < 4.78 is 0. The third kappa shape index (κ3) is 1.77. The quantitative estimate of drug-likeness (QED) is 0.761. The standard InChI is InChI=1S/C14H18N4O/c1-13(2,19)8-18-9-17-12-10(15)4-5-11-14(12,18)6-3-7-16-11/h3-7,19H,8-9,15H2,1-2H3. The summed E-state index contributed by atoms with van der Waals surface area (Å²) in [6.07, 6.45) is 9.51. The topological polar surface area (TPSA) is 74.2 Å². The lowest BCUT2D eigenvalue weighted by molar-refractivity contribution is 0.0285. The third-order valence-electron chi connectivity index (χ3n) is 3.56. The normalized spacial score (nSPS) is 29.5. The molecule has 19 heavy (non-hydrogen) atoms. The van der Waals surface area contributed by atoms with Gasteiger partial charge in [0.2, 0.25) is 0 Å². The van der Waals surface area contributed by atoms with Crippen LogP contribution >= 0.6 is 0 Å². The van der Waals surface area contributed by atoms with E-state index >= 15 is 0 Å². The van der Waals surface area contributed by atoms with Crippen molar-refractivity contribution in [2.24, 2.45) is 15.7 Å². The van der Waals surface area contributed by atoms with E-state index in [0.717, 1.165) is 11.4 Å². The van der Waals surface area contributed by atoms with E-state index in [0.29, 0.717) is 18.9 Å². The molecule has 3 rings (SSSR count). The highest BCUT2D eigenvalue weighted by molar-refractivity contribution is 6.13. The molecule has 0 fully saturated rings. The van der Waals surface area contributed by atoms with Gasteiger partial charge in [-0.3, -0.25) is 14.9 Å². The summed E-state index contributed by atoms with van der Waals surface area (Å²) in [5.74, 6) is 0. The fourth-order valence-electron chi connectivity index (χ4n) is 2.87. The van der Waals surface area contributed by atoms with Crippen molar-refractivity contribution >= 4 is 11.9 Å². The Bertz CT molecular complexity index is 562. The predicted octanol–water partition coefficient (Wildman–Crippen LogP) is 0.591. The van der Waals surface area contributed by atoms with Gasteiger partial charge in [0.05, 0.1) is 29.4 Å². The maximum absolute atomic E-state index is 10.1. The molecule has 1 atom stereocenters. The molecule has 5 nitrogen and oxygen atoms in total. The highest BCUT2D eigenvalue weighted by Crippen LogP contribution is 2.39. The number of hydrogen-bond donors (Lipinski definition) is 2. The Morgan fingerprint density at radius 2 is 2.26 bits per heavy atom. The number of allylic oxidation sites excluding steroid dienone is 3. The van der Waals surface area contributed by atoms with Crippen molar-refractivity contribution in [3.05, 3.63) is 35.7 Å². The number of aliphatic hydroxyl groups is 1. The van der Waals surface area contributed by atoms with E-state index < -0.39 is 11.1 Å². The largest absolute Gasteiger partial charge is 0.397 e. The maximum Gasteiger partial charge on any atom is 0.128 e. The molecule has 1 unspecified atom stereocenters. The highest BCUT2D eigenvalue weighted by atomic mass is 16.3. The molecular formula is C14H18N4O. The Hall–Kier alpha value is -1.72. The van der Waals surface area contributed by atoms with Crippen molar-refractivity contribution in [1.82, 2.24) is 4.90 Å². The van der Waals surface area contributed by atoms with Crippen LogP contribution in [-0.2, 0) is 0 Å². The lowest BCUT2D eigenvalue weighted by Crippen LogP contribution is -2.56. The number of nitrogens with two attached hydrogens (primary N) is 1. The lowest BCUT2D eigenvalue weighted by Gasteiger charge is -2.41. The molecule has 0 radical (unpaired) electrons. The van der Waals surface area contributed by atoms with Gasteiger partial charge >= 0.3 is 0 Å². The van der Waals surface area contributed by atoms with Gasteiger partial charge in [-0.1, -0.05) is 6.08 Å². The van der Waals surface area contributed by atoms with Gasteiger partial charge in [-0.05, 0) is 32.1 Å². The molecule has 100 valence electrons. The minimum Gasteiger partial charge on any atom is -0.397 e. The van der Waals surface area contributed by atoms with Crippen LogP contribution in [0.3, 0.4) is 0 Å². The summed E-state index contributed by atoms with van der Waals surface area (Å²) in [7, 11) is 0. The van der Waals surface area contributed by atoms with Gasteiger partial charge in [0.1, 0.15) is 5.54 Å². The lowest BCUT2D eigenvalue weighted by atomic mass is 9.81. The van der Waals surface area contributed by atoms with Crippen LogP contribution < -0.4 is 5.73 Å². The van der Waals surface area contributed by atoms with Crippen LogP contribution in [0.2, 0.25) is 0 Å². The van der Waals surface area contributed by atoms with E-state index in [-0.39, 0.29) is 0 Å². The highest BCUT2D eigenvalue weighted by Gasteiger charge is 2.50. The summed E-state index contributed by atoms with van der Waals surface area (Å²) in [6, 6.07) is 0. The van der Waals surface area contributed by atoms with Crippen LogP contribution in [0.15, 0.2) is 45.7 Å². The Morgan fingerprint density at radius 3 is 3.00 bits per heavy atom. The first-order valence-corrected chi connectivity index (χ1v) is 6.36. The second-order valence-corrected chi connectivity index (χ2v) is 5.74. The van der Waals surface area contributed by atoms with Gasteiger partial charge in [0, 0.05) is 12.8 Å².